The molecule has 0 spiro atoms. The Hall–Kier alpha value is -3.86. The fraction of sp³-hybridized carbons (Fsp3) is 0.333. The van der Waals surface area contributed by atoms with Crippen molar-refractivity contribution in [1.82, 2.24) is 14.8 Å². The molecule has 3 heterocycles. The highest BCUT2D eigenvalue weighted by atomic mass is 35.5. The molecule has 0 saturated carbocycles. The second-order valence-corrected chi connectivity index (χ2v) is 10.5. The molecule has 12 heteroatoms. The Morgan fingerprint density at radius 2 is 1.90 bits per heavy atom. The van der Waals surface area contributed by atoms with Crippen molar-refractivity contribution < 1.29 is 27.1 Å². The minimum atomic E-state index is -4.73. The van der Waals surface area contributed by atoms with E-state index in [1.165, 1.54) is 29.9 Å². The van der Waals surface area contributed by atoms with E-state index in [4.69, 9.17) is 20.8 Å². The van der Waals surface area contributed by atoms with Crippen molar-refractivity contribution >= 4 is 34.2 Å². The third-order valence-corrected chi connectivity index (χ3v) is 6.04. The Morgan fingerprint density at radius 3 is 2.49 bits per heavy atom. The number of halogens is 4. The lowest BCUT2D eigenvalue weighted by Gasteiger charge is -2.23. The molecule has 0 aliphatic carbocycles. The van der Waals surface area contributed by atoms with Crippen LogP contribution in [0.5, 0.6) is 0 Å². The van der Waals surface area contributed by atoms with Gasteiger partial charge in [-0.25, -0.2) is 9.78 Å². The number of aromatic nitrogens is 3. The predicted molar refractivity (Wildman–Crippen MR) is 141 cm³/mol. The van der Waals surface area contributed by atoms with Crippen LogP contribution in [0, 0.1) is 6.92 Å². The molecule has 1 N–H and O–H groups in total. The van der Waals surface area contributed by atoms with Gasteiger partial charge >= 0.3 is 12.1 Å². The van der Waals surface area contributed by atoms with Crippen LogP contribution in [0.25, 0.3) is 22.3 Å². The molecular weight excluding hydrogens is 537 g/mol. The maximum atomic E-state index is 13.9. The zero-order valence-corrected chi connectivity index (χ0v) is 22.8. The van der Waals surface area contributed by atoms with E-state index in [-0.39, 0.29) is 44.4 Å². The molecule has 3 aromatic heterocycles. The third-order valence-electron chi connectivity index (χ3n) is 5.83. The fourth-order valence-electron chi connectivity index (χ4n) is 4.06. The van der Waals surface area contributed by atoms with Gasteiger partial charge in [-0.15, -0.1) is 0 Å². The number of carbonyl (C=O) groups is 1. The van der Waals surface area contributed by atoms with Crippen LogP contribution in [0.1, 0.15) is 60.9 Å². The molecular formula is C27H26ClF3N4O4. The molecule has 4 rings (SSSR count). The number of benzene rings is 1. The van der Waals surface area contributed by atoms with Crippen molar-refractivity contribution in [3.8, 4) is 11.3 Å². The Labute approximate surface area is 226 Å². The van der Waals surface area contributed by atoms with Crippen molar-refractivity contribution in [3.05, 3.63) is 74.4 Å². The van der Waals surface area contributed by atoms with Crippen LogP contribution in [-0.2, 0) is 18.0 Å². The number of hydrogen-bond acceptors (Lipinski definition) is 7. The highest BCUT2D eigenvalue weighted by Crippen LogP contribution is 2.37. The van der Waals surface area contributed by atoms with Crippen molar-refractivity contribution in [1.29, 1.82) is 0 Å². The molecule has 0 unspecified atom stereocenters. The van der Waals surface area contributed by atoms with Crippen LogP contribution in [-0.4, -0.2) is 26.3 Å². The molecule has 206 valence electrons. The number of ether oxygens (including phenoxy) is 1. The summed E-state index contributed by atoms with van der Waals surface area (Å²) in [6, 6.07) is 3.72. The molecule has 0 fully saturated rings. The van der Waals surface area contributed by atoms with Crippen LogP contribution in [0.15, 0.2) is 45.9 Å². The standard InChI is InChI=1S/C27H26ClF3N4O4/c1-13-22(36)18-10-16(27(29,30)31)9-17(24(18)38-23(13)15-11-32-35(6)12-15)14(2)33-19-7-8-20(28)34-21(19)25(37)39-26(3,4)5/h7-12,14,33H,1-6H3/t14-/m1/s1. The second kappa shape index (κ2) is 10.0. The van der Waals surface area contributed by atoms with Gasteiger partial charge in [0.05, 0.1) is 34.4 Å². The summed E-state index contributed by atoms with van der Waals surface area (Å²) < 4.78 is 54.7. The number of fused-ring (bicyclic) bond motifs is 1. The molecule has 0 aliphatic heterocycles. The van der Waals surface area contributed by atoms with Crippen molar-refractivity contribution in [2.45, 2.75) is 52.4 Å². The van der Waals surface area contributed by atoms with Gasteiger partial charge < -0.3 is 14.5 Å². The van der Waals surface area contributed by atoms with Gasteiger partial charge in [-0.05, 0) is 58.9 Å². The molecule has 8 nitrogen and oxygen atoms in total. The molecule has 0 aliphatic rings. The van der Waals surface area contributed by atoms with Crippen LogP contribution < -0.4 is 10.7 Å². The Bertz CT molecular complexity index is 1640. The third kappa shape index (κ3) is 5.93. The topological polar surface area (TPSA) is 99.2 Å². The van der Waals surface area contributed by atoms with Crippen molar-refractivity contribution in [2.75, 3.05) is 5.32 Å². The average Bonchev–Trinajstić information content (AvgIpc) is 3.26. The number of rotatable bonds is 5. The van der Waals surface area contributed by atoms with E-state index in [0.29, 0.717) is 5.56 Å². The van der Waals surface area contributed by atoms with E-state index >= 15 is 0 Å². The van der Waals surface area contributed by atoms with Gasteiger partial charge in [-0.1, -0.05) is 11.6 Å². The number of alkyl halides is 3. The summed E-state index contributed by atoms with van der Waals surface area (Å²) >= 11 is 6.02. The highest BCUT2D eigenvalue weighted by Gasteiger charge is 2.33. The number of aryl methyl sites for hydroxylation is 1. The van der Waals surface area contributed by atoms with E-state index in [1.807, 2.05) is 0 Å². The average molecular weight is 563 g/mol. The zero-order valence-electron chi connectivity index (χ0n) is 22.0. The molecule has 0 saturated heterocycles. The lowest BCUT2D eigenvalue weighted by molar-refractivity contribution is -0.137. The molecule has 39 heavy (non-hydrogen) atoms. The van der Waals surface area contributed by atoms with Gasteiger partial charge in [0.1, 0.15) is 22.1 Å². The summed E-state index contributed by atoms with van der Waals surface area (Å²) in [6.45, 7) is 8.12. The molecule has 1 atom stereocenters. The first-order valence-corrected chi connectivity index (χ1v) is 12.3. The summed E-state index contributed by atoms with van der Waals surface area (Å²) in [6.07, 6.45) is -1.60. The van der Waals surface area contributed by atoms with Crippen molar-refractivity contribution in [2.24, 2.45) is 7.05 Å². The zero-order chi connectivity index (χ0) is 28.9. The second-order valence-electron chi connectivity index (χ2n) is 10.1. The summed E-state index contributed by atoms with van der Waals surface area (Å²) in [4.78, 5) is 30.2. The first-order valence-electron chi connectivity index (χ1n) is 11.9. The van der Waals surface area contributed by atoms with E-state index in [1.54, 1.807) is 40.9 Å². The largest absolute Gasteiger partial charge is 0.455 e. The minimum absolute atomic E-state index is 0.0289. The maximum absolute atomic E-state index is 13.9. The fourth-order valence-corrected chi connectivity index (χ4v) is 4.21. The SMILES string of the molecule is Cc1c(-c2cnn(C)c2)oc2c([C@@H](C)Nc3ccc(Cl)nc3C(=O)OC(C)(C)C)cc(C(F)(F)F)cc2c1=O. The lowest BCUT2D eigenvalue weighted by Crippen LogP contribution is -2.25. The van der Waals surface area contributed by atoms with E-state index in [2.05, 4.69) is 15.4 Å². The van der Waals surface area contributed by atoms with Crippen LogP contribution in [0.2, 0.25) is 5.15 Å². The summed E-state index contributed by atoms with van der Waals surface area (Å²) in [7, 11) is 1.69. The van der Waals surface area contributed by atoms with E-state index < -0.39 is 34.8 Å². The van der Waals surface area contributed by atoms with Crippen LogP contribution >= 0.6 is 11.6 Å². The summed E-state index contributed by atoms with van der Waals surface area (Å²) in [5.74, 6) is -0.578. The first-order chi connectivity index (χ1) is 18.0. The highest BCUT2D eigenvalue weighted by molar-refractivity contribution is 6.29. The number of nitrogens with one attached hydrogen (secondary N) is 1. The quantitative estimate of drug-likeness (QED) is 0.213. The minimum Gasteiger partial charge on any atom is -0.455 e. The number of nitrogens with zero attached hydrogens (tertiary/aromatic N) is 3. The van der Waals surface area contributed by atoms with Gasteiger partial charge in [0.25, 0.3) is 0 Å². The predicted octanol–water partition coefficient (Wildman–Crippen LogP) is 6.70. The number of pyridine rings is 1. The molecule has 0 bridgehead atoms. The van der Waals surface area contributed by atoms with Gasteiger partial charge in [0.15, 0.2) is 11.1 Å². The van der Waals surface area contributed by atoms with Crippen LogP contribution in [0.4, 0.5) is 18.9 Å². The van der Waals surface area contributed by atoms with Gasteiger partial charge in [-0.2, -0.15) is 18.3 Å². The molecule has 4 aromatic rings. The molecule has 1 aromatic carbocycles. The Morgan fingerprint density at radius 1 is 1.21 bits per heavy atom. The monoisotopic (exact) mass is 562 g/mol. The normalized spacial score (nSPS) is 13.0. The van der Waals surface area contributed by atoms with Gasteiger partial charge in [0.2, 0.25) is 0 Å². The number of hydrogen-bond donors (Lipinski definition) is 1. The Kier molecular flexibility index (Phi) is 7.24. The Balaban J connectivity index is 1.90. The number of anilines is 1. The van der Waals surface area contributed by atoms with Gasteiger partial charge in [0, 0.05) is 24.4 Å². The maximum Gasteiger partial charge on any atom is 0.416 e. The smallest absolute Gasteiger partial charge is 0.416 e. The molecule has 0 radical (unpaired) electrons. The number of carbonyl (C=O) groups excluding carboxylic acids is 1. The summed E-state index contributed by atoms with van der Waals surface area (Å²) in [5, 5.41) is 6.92. The van der Waals surface area contributed by atoms with E-state index in [9.17, 15) is 22.8 Å². The summed E-state index contributed by atoms with van der Waals surface area (Å²) in [5.41, 5.74) is -1.75. The van der Waals surface area contributed by atoms with Gasteiger partial charge in [-0.3, -0.25) is 9.48 Å². The lowest BCUT2D eigenvalue weighted by atomic mass is 9.98. The first kappa shape index (κ1) is 28.2. The number of esters is 1. The molecule has 0 amide bonds. The van der Waals surface area contributed by atoms with E-state index in [0.717, 1.165) is 12.1 Å². The van der Waals surface area contributed by atoms with Crippen LogP contribution in [0.3, 0.4) is 0 Å². The van der Waals surface area contributed by atoms with Crippen molar-refractivity contribution in [3.63, 3.8) is 0 Å².